The van der Waals surface area contributed by atoms with Gasteiger partial charge in [-0.25, -0.2) is 4.98 Å². The highest BCUT2D eigenvalue weighted by atomic mass is 32.1. The minimum Gasteiger partial charge on any atom is -0.355 e. The van der Waals surface area contributed by atoms with Gasteiger partial charge in [0.15, 0.2) is 5.13 Å². The zero-order chi connectivity index (χ0) is 13.5. The molecule has 0 aliphatic rings. The summed E-state index contributed by atoms with van der Waals surface area (Å²) in [5, 5.41) is 9.41. The number of hydrogen-bond donors (Lipinski definition) is 3. The molecule has 0 saturated carbocycles. The Morgan fingerprint density at radius 1 is 1.22 bits per heavy atom. The van der Waals surface area contributed by atoms with Crippen LogP contribution >= 0.6 is 11.3 Å². The highest BCUT2D eigenvalue weighted by Crippen LogP contribution is 2.13. The minimum absolute atomic E-state index is 0.188. The molecule has 0 radical (unpaired) electrons. The van der Waals surface area contributed by atoms with Crippen LogP contribution in [-0.2, 0) is 14.4 Å². The van der Waals surface area contributed by atoms with Gasteiger partial charge in [-0.3, -0.25) is 19.7 Å². The molecule has 0 aliphatic carbocycles. The zero-order valence-electron chi connectivity index (χ0n) is 10.1. The van der Waals surface area contributed by atoms with Crippen molar-refractivity contribution in [1.82, 2.24) is 15.6 Å². The first kappa shape index (κ1) is 14.1. The van der Waals surface area contributed by atoms with Crippen molar-refractivity contribution in [2.24, 2.45) is 0 Å². The Morgan fingerprint density at radius 2 is 1.89 bits per heavy atom. The van der Waals surface area contributed by atoms with E-state index >= 15 is 0 Å². The average Bonchev–Trinajstić information content (AvgIpc) is 2.69. The third kappa shape index (κ3) is 4.91. The van der Waals surface area contributed by atoms with Gasteiger partial charge in [-0.2, -0.15) is 0 Å². The fourth-order valence-electron chi connectivity index (χ4n) is 1.06. The predicted molar refractivity (Wildman–Crippen MR) is 67.2 cm³/mol. The van der Waals surface area contributed by atoms with Gasteiger partial charge >= 0.3 is 11.8 Å². The van der Waals surface area contributed by atoms with Crippen LogP contribution in [0.2, 0.25) is 0 Å². The predicted octanol–water partition coefficient (Wildman–Crippen LogP) is -0.358. The molecule has 1 rings (SSSR count). The number of thiazole rings is 1. The van der Waals surface area contributed by atoms with E-state index in [1.807, 2.05) is 0 Å². The number of nitrogens with zero attached hydrogens (tertiary/aromatic N) is 1. The van der Waals surface area contributed by atoms with Gasteiger partial charge in [-0.15, -0.1) is 11.3 Å². The fraction of sp³-hybridized carbons (Fsp3) is 0.400. The number of amides is 3. The van der Waals surface area contributed by atoms with E-state index in [0.29, 0.717) is 5.13 Å². The van der Waals surface area contributed by atoms with Crippen molar-refractivity contribution in [2.45, 2.75) is 13.8 Å². The Morgan fingerprint density at radius 3 is 2.44 bits per heavy atom. The van der Waals surface area contributed by atoms with Crippen molar-refractivity contribution in [1.29, 1.82) is 0 Å². The summed E-state index contributed by atoms with van der Waals surface area (Å²) >= 11 is 1.25. The van der Waals surface area contributed by atoms with Crippen molar-refractivity contribution < 1.29 is 14.4 Å². The van der Waals surface area contributed by atoms with E-state index in [1.54, 1.807) is 12.3 Å². The summed E-state index contributed by atoms with van der Waals surface area (Å²) in [6.07, 6.45) is 0. The first-order valence-electron chi connectivity index (χ1n) is 5.25. The molecule has 1 aromatic rings. The van der Waals surface area contributed by atoms with Crippen LogP contribution in [-0.4, -0.2) is 35.8 Å². The number of carbonyl (C=O) groups excluding carboxylic acids is 3. The first-order valence-corrected chi connectivity index (χ1v) is 6.12. The van der Waals surface area contributed by atoms with E-state index < -0.39 is 11.8 Å². The van der Waals surface area contributed by atoms with E-state index in [9.17, 15) is 14.4 Å². The Hall–Kier alpha value is -1.96. The number of carbonyl (C=O) groups is 3. The Labute approximate surface area is 108 Å². The van der Waals surface area contributed by atoms with Crippen LogP contribution in [0.5, 0.6) is 0 Å². The first-order chi connectivity index (χ1) is 8.49. The summed E-state index contributed by atoms with van der Waals surface area (Å²) in [6, 6.07) is 0. The average molecular weight is 270 g/mol. The van der Waals surface area contributed by atoms with Gasteiger partial charge in [0.1, 0.15) is 0 Å². The molecule has 7 nitrogen and oxygen atoms in total. The third-order valence-electron chi connectivity index (χ3n) is 1.83. The molecule has 18 heavy (non-hydrogen) atoms. The second kappa shape index (κ2) is 6.70. The molecule has 98 valence electrons. The molecule has 8 heteroatoms. The highest BCUT2D eigenvalue weighted by molar-refractivity contribution is 7.14. The maximum atomic E-state index is 11.4. The molecular formula is C10H14N4O3S. The lowest BCUT2D eigenvalue weighted by atomic mass is 10.5. The monoisotopic (exact) mass is 270 g/mol. The third-order valence-corrected chi connectivity index (χ3v) is 2.71. The number of nitrogens with one attached hydrogen (secondary N) is 3. The second-order valence-electron chi connectivity index (χ2n) is 3.49. The van der Waals surface area contributed by atoms with Gasteiger partial charge in [-0.1, -0.05) is 0 Å². The van der Waals surface area contributed by atoms with Crippen molar-refractivity contribution in [3.05, 3.63) is 11.1 Å². The molecule has 0 bridgehead atoms. The van der Waals surface area contributed by atoms with Crippen LogP contribution in [0, 0.1) is 6.92 Å². The Kier molecular flexibility index (Phi) is 5.25. The molecule has 0 fully saturated rings. The van der Waals surface area contributed by atoms with E-state index in [4.69, 9.17) is 0 Å². The SMILES string of the molecule is CC(=O)NCCNC(=O)C(=O)Nc1nc(C)cs1. The van der Waals surface area contributed by atoms with Crippen molar-refractivity contribution in [3.63, 3.8) is 0 Å². The van der Waals surface area contributed by atoms with Crippen LogP contribution in [0.15, 0.2) is 5.38 Å². The van der Waals surface area contributed by atoms with Gasteiger partial charge in [-0.05, 0) is 6.92 Å². The molecule has 0 aromatic carbocycles. The molecule has 0 atom stereocenters. The van der Waals surface area contributed by atoms with Crippen LogP contribution in [0.3, 0.4) is 0 Å². The maximum absolute atomic E-state index is 11.4. The van der Waals surface area contributed by atoms with E-state index in [-0.39, 0.29) is 19.0 Å². The lowest BCUT2D eigenvalue weighted by Gasteiger charge is -2.04. The fourth-order valence-corrected chi connectivity index (χ4v) is 1.74. The summed E-state index contributed by atoms with van der Waals surface area (Å²) in [5.74, 6) is -1.72. The molecule has 0 aliphatic heterocycles. The van der Waals surface area contributed by atoms with Crippen molar-refractivity contribution in [3.8, 4) is 0 Å². The Bertz CT molecular complexity index is 458. The second-order valence-corrected chi connectivity index (χ2v) is 4.35. The molecule has 0 unspecified atom stereocenters. The van der Waals surface area contributed by atoms with Crippen molar-refractivity contribution in [2.75, 3.05) is 18.4 Å². The number of aryl methyl sites for hydroxylation is 1. The molecule has 3 N–H and O–H groups in total. The van der Waals surface area contributed by atoms with Crippen LogP contribution in [0.25, 0.3) is 0 Å². The summed E-state index contributed by atoms with van der Waals surface area (Å²) in [4.78, 5) is 37.3. The summed E-state index contributed by atoms with van der Waals surface area (Å²) in [5.41, 5.74) is 0.779. The van der Waals surface area contributed by atoms with Gasteiger partial charge < -0.3 is 10.6 Å². The molecule has 0 saturated heterocycles. The lowest BCUT2D eigenvalue weighted by Crippen LogP contribution is -2.39. The van der Waals surface area contributed by atoms with E-state index in [0.717, 1.165) is 5.69 Å². The van der Waals surface area contributed by atoms with Gasteiger partial charge in [0.2, 0.25) is 5.91 Å². The Balaban J connectivity index is 2.29. The number of hydrogen-bond acceptors (Lipinski definition) is 5. The minimum atomic E-state index is -0.771. The quantitative estimate of drug-likeness (QED) is 0.514. The highest BCUT2D eigenvalue weighted by Gasteiger charge is 2.14. The molecule has 1 heterocycles. The van der Waals surface area contributed by atoms with Crippen LogP contribution in [0.4, 0.5) is 5.13 Å². The number of rotatable bonds is 4. The molecule has 0 spiro atoms. The van der Waals surface area contributed by atoms with Crippen LogP contribution in [0.1, 0.15) is 12.6 Å². The van der Waals surface area contributed by atoms with Gasteiger partial charge in [0, 0.05) is 25.4 Å². The number of aromatic nitrogens is 1. The molecular weight excluding hydrogens is 256 g/mol. The largest absolute Gasteiger partial charge is 0.355 e. The maximum Gasteiger partial charge on any atom is 0.315 e. The summed E-state index contributed by atoms with van der Waals surface area (Å²) in [7, 11) is 0. The van der Waals surface area contributed by atoms with E-state index in [1.165, 1.54) is 18.3 Å². The number of anilines is 1. The topological polar surface area (TPSA) is 100 Å². The molecule has 1 aromatic heterocycles. The molecule has 3 amide bonds. The normalized spacial score (nSPS) is 9.67. The standard InChI is InChI=1S/C10H14N4O3S/c1-6-5-18-10(13-6)14-9(17)8(16)12-4-3-11-7(2)15/h5H,3-4H2,1-2H3,(H,11,15)(H,12,16)(H,13,14,17). The lowest BCUT2D eigenvalue weighted by molar-refractivity contribution is -0.136. The summed E-state index contributed by atoms with van der Waals surface area (Å²) in [6.45, 7) is 3.65. The smallest absolute Gasteiger partial charge is 0.315 e. The van der Waals surface area contributed by atoms with Gasteiger partial charge in [0.05, 0.1) is 5.69 Å². The zero-order valence-corrected chi connectivity index (χ0v) is 10.9. The summed E-state index contributed by atoms with van der Waals surface area (Å²) < 4.78 is 0. The van der Waals surface area contributed by atoms with E-state index in [2.05, 4.69) is 20.9 Å². The van der Waals surface area contributed by atoms with Crippen molar-refractivity contribution >= 4 is 34.2 Å². The van der Waals surface area contributed by atoms with Gasteiger partial charge in [0.25, 0.3) is 0 Å². The van der Waals surface area contributed by atoms with Crippen LogP contribution < -0.4 is 16.0 Å².